The molecule has 1 fully saturated rings. The van der Waals surface area contributed by atoms with Crippen LogP contribution in [-0.2, 0) is 6.42 Å². The summed E-state index contributed by atoms with van der Waals surface area (Å²) in [5.41, 5.74) is 1.48. The molecular weight excluding hydrogens is 364 g/mol. The number of rotatable bonds is 8. The second kappa shape index (κ2) is 22.8. The molecule has 1 heterocycles. The van der Waals surface area contributed by atoms with Crippen LogP contribution in [0.1, 0.15) is 93.1 Å². The molecule has 2 nitrogen and oxygen atoms in total. The van der Waals surface area contributed by atoms with Crippen LogP contribution in [0.5, 0.6) is 0 Å². The first-order valence-electron chi connectivity index (χ1n) is 13.0. The molecule has 0 amide bonds. The van der Waals surface area contributed by atoms with Gasteiger partial charge in [0.1, 0.15) is 0 Å². The molecule has 0 aliphatic carbocycles. The molecule has 1 aliphatic heterocycles. The summed E-state index contributed by atoms with van der Waals surface area (Å²) in [5, 5.41) is 0. The number of hydrogen-bond donors (Lipinski definition) is 0. The molecule has 1 aromatic carbocycles. The van der Waals surface area contributed by atoms with Gasteiger partial charge < -0.3 is 9.80 Å². The van der Waals surface area contributed by atoms with Crippen molar-refractivity contribution >= 4 is 0 Å². The molecule has 0 spiro atoms. The van der Waals surface area contributed by atoms with Crippen molar-refractivity contribution in [1.29, 1.82) is 0 Å². The zero-order valence-electron chi connectivity index (χ0n) is 22.2. The van der Waals surface area contributed by atoms with Gasteiger partial charge in [-0.05, 0) is 89.3 Å². The van der Waals surface area contributed by atoms with E-state index in [1.807, 2.05) is 27.7 Å². The summed E-state index contributed by atoms with van der Waals surface area (Å²) in [7, 11) is 2.20. The third-order valence-corrected chi connectivity index (χ3v) is 5.96. The topological polar surface area (TPSA) is 6.48 Å². The Hall–Kier alpha value is -0.860. The quantitative estimate of drug-likeness (QED) is 0.423. The van der Waals surface area contributed by atoms with Gasteiger partial charge in [-0.25, -0.2) is 0 Å². The van der Waals surface area contributed by atoms with Crippen LogP contribution in [-0.4, -0.2) is 49.6 Å². The molecule has 2 heteroatoms. The fourth-order valence-corrected chi connectivity index (χ4v) is 3.60. The van der Waals surface area contributed by atoms with Gasteiger partial charge in [0.15, 0.2) is 0 Å². The van der Waals surface area contributed by atoms with Gasteiger partial charge in [-0.2, -0.15) is 0 Å². The van der Waals surface area contributed by atoms with Crippen LogP contribution in [0, 0.1) is 11.8 Å². The van der Waals surface area contributed by atoms with Crippen molar-refractivity contribution in [3.8, 4) is 0 Å². The highest BCUT2D eigenvalue weighted by Crippen LogP contribution is 2.16. The van der Waals surface area contributed by atoms with Crippen molar-refractivity contribution in [2.24, 2.45) is 11.8 Å². The smallest absolute Gasteiger partial charge is 0.00163 e. The van der Waals surface area contributed by atoms with Crippen LogP contribution in [0.15, 0.2) is 30.3 Å². The Morgan fingerprint density at radius 2 is 1.60 bits per heavy atom. The van der Waals surface area contributed by atoms with Gasteiger partial charge in [-0.1, -0.05) is 92.1 Å². The molecule has 1 aliphatic rings. The van der Waals surface area contributed by atoms with Gasteiger partial charge in [0.2, 0.25) is 0 Å². The summed E-state index contributed by atoms with van der Waals surface area (Å²) in [6, 6.07) is 10.9. The number of benzene rings is 1. The Morgan fingerprint density at radius 3 is 2.13 bits per heavy atom. The van der Waals surface area contributed by atoms with E-state index in [1.165, 1.54) is 70.3 Å². The first-order valence-corrected chi connectivity index (χ1v) is 13.0. The average Bonchev–Trinajstić information content (AvgIpc) is 3.04. The van der Waals surface area contributed by atoms with Crippen molar-refractivity contribution in [2.75, 3.05) is 39.8 Å². The Bertz CT molecular complexity index is 432. The fourth-order valence-electron chi connectivity index (χ4n) is 3.60. The van der Waals surface area contributed by atoms with E-state index in [0.717, 1.165) is 18.4 Å². The highest BCUT2D eigenvalue weighted by molar-refractivity contribution is 5.15. The molecule has 2 unspecified atom stereocenters. The first kappa shape index (κ1) is 31.3. The minimum Gasteiger partial charge on any atom is -0.307 e. The summed E-state index contributed by atoms with van der Waals surface area (Å²) in [4.78, 5) is 4.96. The predicted molar refractivity (Wildman–Crippen MR) is 140 cm³/mol. The van der Waals surface area contributed by atoms with E-state index in [9.17, 15) is 0 Å². The molecule has 0 N–H and O–H groups in total. The highest BCUT2D eigenvalue weighted by atomic mass is 15.1. The van der Waals surface area contributed by atoms with Crippen molar-refractivity contribution in [2.45, 2.75) is 93.9 Å². The van der Waals surface area contributed by atoms with Gasteiger partial charge in [0, 0.05) is 0 Å². The molecular formula is C28H56N2. The molecule has 0 bridgehead atoms. The molecule has 1 aromatic rings. The fraction of sp³-hybridized carbons (Fsp3) is 0.786. The standard InChI is InChI=1S/C15H25N.C9H19N.2C2H6/c1-4-14(11-12-16(3)5-2)13-15-9-7-6-8-10-15;1-3-10-7-4-5-9(2)6-8-10;2*1-2/h6-10,14H,4-5,11-13H2,1-3H3;9H,3-8H2,1-2H3;2*1-2H3. The lowest BCUT2D eigenvalue weighted by Crippen LogP contribution is -2.23. The SMILES string of the molecule is CC.CC.CCC(CCN(C)CC)Cc1ccccc1.CCN1CCCC(C)CC1. The molecule has 2 atom stereocenters. The molecule has 0 aromatic heterocycles. The maximum absolute atomic E-state index is 2.56. The maximum Gasteiger partial charge on any atom is -0.00163 e. The summed E-state index contributed by atoms with van der Waals surface area (Å²) < 4.78 is 0. The molecule has 2 rings (SSSR count). The zero-order valence-corrected chi connectivity index (χ0v) is 22.2. The minimum atomic E-state index is 0.830. The van der Waals surface area contributed by atoms with E-state index in [1.54, 1.807) is 0 Å². The summed E-state index contributed by atoms with van der Waals surface area (Å²) >= 11 is 0. The van der Waals surface area contributed by atoms with E-state index in [0.29, 0.717) is 0 Å². The third kappa shape index (κ3) is 16.9. The Balaban J connectivity index is 0. The van der Waals surface area contributed by atoms with Gasteiger partial charge in [0.05, 0.1) is 0 Å². The molecule has 30 heavy (non-hydrogen) atoms. The summed E-state index contributed by atoms with van der Waals surface area (Å²) in [6.07, 6.45) is 8.09. The molecule has 0 saturated carbocycles. The van der Waals surface area contributed by atoms with E-state index < -0.39 is 0 Å². The maximum atomic E-state index is 2.56. The monoisotopic (exact) mass is 420 g/mol. The second-order valence-corrected chi connectivity index (χ2v) is 8.12. The number of likely N-dealkylation sites (tertiary alicyclic amines) is 1. The zero-order chi connectivity index (χ0) is 23.2. The van der Waals surface area contributed by atoms with Gasteiger partial charge in [0.25, 0.3) is 0 Å². The second-order valence-electron chi connectivity index (χ2n) is 8.12. The predicted octanol–water partition coefficient (Wildman–Crippen LogP) is 7.78. The summed E-state index contributed by atoms with van der Waals surface area (Å²) in [5.74, 6) is 1.80. The van der Waals surface area contributed by atoms with Gasteiger partial charge in [-0.3, -0.25) is 0 Å². The van der Waals surface area contributed by atoms with Crippen LogP contribution in [0.4, 0.5) is 0 Å². The normalized spacial score (nSPS) is 17.3. The lowest BCUT2D eigenvalue weighted by Gasteiger charge is -2.19. The molecule has 1 saturated heterocycles. The van der Waals surface area contributed by atoms with E-state index in [2.05, 4.69) is 74.9 Å². The van der Waals surface area contributed by atoms with Crippen LogP contribution >= 0.6 is 0 Å². The molecule has 0 radical (unpaired) electrons. The van der Waals surface area contributed by atoms with Crippen LogP contribution in [0.25, 0.3) is 0 Å². The summed E-state index contributed by atoms with van der Waals surface area (Å²) in [6.45, 7) is 23.4. The minimum absolute atomic E-state index is 0.830. The Morgan fingerprint density at radius 1 is 0.967 bits per heavy atom. The lowest BCUT2D eigenvalue weighted by molar-refractivity contribution is 0.297. The number of nitrogens with zero attached hydrogens (tertiary/aromatic N) is 2. The van der Waals surface area contributed by atoms with E-state index in [4.69, 9.17) is 0 Å². The first-order chi connectivity index (χ1) is 14.6. The van der Waals surface area contributed by atoms with Crippen molar-refractivity contribution in [3.05, 3.63) is 35.9 Å². The lowest BCUT2D eigenvalue weighted by atomic mass is 9.94. The number of hydrogen-bond acceptors (Lipinski definition) is 2. The highest BCUT2D eigenvalue weighted by Gasteiger charge is 2.11. The van der Waals surface area contributed by atoms with E-state index >= 15 is 0 Å². The van der Waals surface area contributed by atoms with Crippen molar-refractivity contribution in [3.63, 3.8) is 0 Å². The Labute approximate surface area is 191 Å². The average molecular weight is 421 g/mol. The van der Waals surface area contributed by atoms with Crippen molar-refractivity contribution in [1.82, 2.24) is 9.80 Å². The Kier molecular flexibility index (Phi) is 23.8. The van der Waals surface area contributed by atoms with Crippen molar-refractivity contribution < 1.29 is 0 Å². The van der Waals surface area contributed by atoms with Crippen LogP contribution < -0.4 is 0 Å². The van der Waals surface area contributed by atoms with Gasteiger partial charge >= 0.3 is 0 Å². The largest absolute Gasteiger partial charge is 0.307 e. The van der Waals surface area contributed by atoms with Gasteiger partial charge in [-0.15, -0.1) is 0 Å². The van der Waals surface area contributed by atoms with Crippen LogP contribution in [0.2, 0.25) is 0 Å². The van der Waals surface area contributed by atoms with E-state index in [-0.39, 0.29) is 0 Å². The van der Waals surface area contributed by atoms with Crippen LogP contribution in [0.3, 0.4) is 0 Å². The third-order valence-electron chi connectivity index (χ3n) is 5.96. The molecule has 178 valence electrons.